The summed E-state index contributed by atoms with van der Waals surface area (Å²) in [5, 5.41) is 10.9. The van der Waals surface area contributed by atoms with Crippen LogP contribution in [0.4, 0.5) is 0 Å². The van der Waals surface area contributed by atoms with E-state index < -0.39 is 0 Å². The molecule has 0 saturated carbocycles. The van der Waals surface area contributed by atoms with Gasteiger partial charge in [0, 0.05) is 26.2 Å². The standard InChI is InChI=1S/C17H23N5O3/c1-4-5-14-16(11(2)20-25-14)17(24)21-9-12-6-7-19-22(12)13(10-21)8-15(23)18-3/h6-7,13H,4-5,8-10H2,1-3H3,(H,18,23)/t13-/m0/s1. The third-order valence-electron chi connectivity index (χ3n) is 4.49. The molecule has 8 heteroatoms. The van der Waals surface area contributed by atoms with E-state index in [1.165, 1.54) is 0 Å². The molecule has 3 rings (SSSR count). The number of rotatable bonds is 5. The third kappa shape index (κ3) is 3.29. The highest BCUT2D eigenvalue weighted by molar-refractivity contribution is 5.96. The van der Waals surface area contributed by atoms with Crippen LogP contribution in [0.1, 0.15) is 53.3 Å². The fourth-order valence-electron chi connectivity index (χ4n) is 3.26. The lowest BCUT2D eigenvalue weighted by molar-refractivity contribution is -0.121. The summed E-state index contributed by atoms with van der Waals surface area (Å²) >= 11 is 0. The molecule has 0 aromatic carbocycles. The molecule has 134 valence electrons. The van der Waals surface area contributed by atoms with Gasteiger partial charge < -0.3 is 14.7 Å². The van der Waals surface area contributed by atoms with Crippen molar-refractivity contribution in [3.63, 3.8) is 0 Å². The van der Waals surface area contributed by atoms with Gasteiger partial charge in [0.2, 0.25) is 5.91 Å². The molecule has 0 spiro atoms. The van der Waals surface area contributed by atoms with E-state index in [1.807, 2.05) is 17.7 Å². The zero-order valence-electron chi connectivity index (χ0n) is 14.8. The summed E-state index contributed by atoms with van der Waals surface area (Å²) < 4.78 is 7.17. The van der Waals surface area contributed by atoms with Gasteiger partial charge in [0.15, 0.2) is 0 Å². The van der Waals surface area contributed by atoms with Crippen molar-refractivity contribution in [2.45, 2.75) is 45.7 Å². The number of amides is 2. The maximum atomic E-state index is 13.1. The molecule has 2 amide bonds. The second-order valence-electron chi connectivity index (χ2n) is 6.30. The van der Waals surface area contributed by atoms with Gasteiger partial charge in [-0.05, 0) is 19.4 Å². The number of nitrogens with one attached hydrogen (secondary N) is 1. The molecular weight excluding hydrogens is 322 g/mol. The van der Waals surface area contributed by atoms with Crippen molar-refractivity contribution in [2.24, 2.45) is 0 Å². The Morgan fingerprint density at radius 3 is 2.96 bits per heavy atom. The van der Waals surface area contributed by atoms with E-state index in [0.29, 0.717) is 36.5 Å². The van der Waals surface area contributed by atoms with Gasteiger partial charge in [0.25, 0.3) is 5.91 Å². The first-order valence-electron chi connectivity index (χ1n) is 8.52. The van der Waals surface area contributed by atoms with Crippen molar-refractivity contribution in [1.29, 1.82) is 0 Å². The molecule has 1 atom stereocenters. The summed E-state index contributed by atoms with van der Waals surface area (Å²) in [6.07, 6.45) is 3.53. The number of aromatic nitrogens is 3. The van der Waals surface area contributed by atoms with Gasteiger partial charge in [-0.1, -0.05) is 12.1 Å². The van der Waals surface area contributed by atoms with Gasteiger partial charge in [-0.15, -0.1) is 0 Å². The first-order chi connectivity index (χ1) is 12.0. The molecule has 0 aliphatic carbocycles. The van der Waals surface area contributed by atoms with Gasteiger partial charge >= 0.3 is 0 Å². The minimum Gasteiger partial charge on any atom is -0.360 e. The summed E-state index contributed by atoms with van der Waals surface area (Å²) in [5.41, 5.74) is 2.07. The zero-order valence-corrected chi connectivity index (χ0v) is 14.8. The SMILES string of the molecule is CCCc1onc(C)c1C(=O)N1Cc2ccnn2[C@@H](CC(=O)NC)C1. The summed E-state index contributed by atoms with van der Waals surface area (Å²) in [4.78, 5) is 26.7. The third-order valence-corrected chi connectivity index (χ3v) is 4.49. The molecule has 1 aliphatic rings. The molecule has 2 aromatic heterocycles. The maximum Gasteiger partial charge on any atom is 0.259 e. The van der Waals surface area contributed by atoms with Crippen LogP contribution in [0.15, 0.2) is 16.8 Å². The summed E-state index contributed by atoms with van der Waals surface area (Å²) in [6.45, 7) is 4.70. The molecule has 25 heavy (non-hydrogen) atoms. The zero-order chi connectivity index (χ0) is 18.0. The smallest absolute Gasteiger partial charge is 0.259 e. The quantitative estimate of drug-likeness (QED) is 0.885. The van der Waals surface area contributed by atoms with Gasteiger partial charge in [0.05, 0.1) is 30.4 Å². The molecule has 1 N–H and O–H groups in total. The van der Waals surface area contributed by atoms with Crippen LogP contribution in [-0.2, 0) is 17.8 Å². The average Bonchev–Trinajstić information content (AvgIpc) is 3.21. The van der Waals surface area contributed by atoms with Crippen LogP contribution in [0, 0.1) is 6.92 Å². The molecule has 0 bridgehead atoms. The molecule has 8 nitrogen and oxygen atoms in total. The second kappa shape index (κ2) is 7.08. The Balaban J connectivity index is 1.87. The van der Waals surface area contributed by atoms with Crippen LogP contribution < -0.4 is 5.32 Å². The highest BCUT2D eigenvalue weighted by Gasteiger charge is 2.33. The van der Waals surface area contributed by atoms with E-state index in [0.717, 1.165) is 12.1 Å². The van der Waals surface area contributed by atoms with Gasteiger partial charge in [-0.3, -0.25) is 14.3 Å². The monoisotopic (exact) mass is 345 g/mol. The largest absolute Gasteiger partial charge is 0.360 e. The lowest BCUT2D eigenvalue weighted by Gasteiger charge is -2.33. The van der Waals surface area contributed by atoms with Crippen LogP contribution >= 0.6 is 0 Å². The first kappa shape index (κ1) is 17.2. The molecule has 3 heterocycles. The number of hydrogen-bond donors (Lipinski definition) is 1. The maximum absolute atomic E-state index is 13.1. The Kier molecular flexibility index (Phi) is 4.87. The van der Waals surface area contributed by atoms with Crippen molar-refractivity contribution in [2.75, 3.05) is 13.6 Å². The van der Waals surface area contributed by atoms with E-state index in [9.17, 15) is 9.59 Å². The Morgan fingerprint density at radius 1 is 1.44 bits per heavy atom. The van der Waals surface area contributed by atoms with E-state index in [2.05, 4.69) is 15.6 Å². The lowest BCUT2D eigenvalue weighted by Crippen LogP contribution is -2.43. The van der Waals surface area contributed by atoms with Crippen LogP contribution in [-0.4, -0.2) is 45.2 Å². The van der Waals surface area contributed by atoms with Crippen molar-refractivity contribution in [1.82, 2.24) is 25.2 Å². The van der Waals surface area contributed by atoms with E-state index >= 15 is 0 Å². The highest BCUT2D eigenvalue weighted by Crippen LogP contribution is 2.26. The highest BCUT2D eigenvalue weighted by atomic mass is 16.5. The molecule has 0 unspecified atom stereocenters. The van der Waals surface area contributed by atoms with Crippen LogP contribution in [0.5, 0.6) is 0 Å². The van der Waals surface area contributed by atoms with Crippen molar-refractivity contribution < 1.29 is 14.1 Å². The molecule has 0 fully saturated rings. The molecule has 0 radical (unpaired) electrons. The number of nitrogens with zero attached hydrogens (tertiary/aromatic N) is 4. The Labute approximate surface area is 146 Å². The Morgan fingerprint density at radius 2 is 2.24 bits per heavy atom. The minimum atomic E-state index is -0.183. The van der Waals surface area contributed by atoms with Gasteiger partial charge in [-0.2, -0.15) is 5.10 Å². The number of aryl methyl sites for hydroxylation is 2. The topological polar surface area (TPSA) is 93.3 Å². The van der Waals surface area contributed by atoms with E-state index in [1.54, 1.807) is 25.1 Å². The Bertz CT molecular complexity index is 779. The fourth-order valence-corrected chi connectivity index (χ4v) is 3.26. The van der Waals surface area contributed by atoms with Crippen LogP contribution in [0.2, 0.25) is 0 Å². The number of fused-ring (bicyclic) bond motifs is 1. The van der Waals surface area contributed by atoms with Crippen LogP contribution in [0.3, 0.4) is 0 Å². The normalized spacial score (nSPS) is 16.6. The predicted molar refractivity (Wildman–Crippen MR) is 89.9 cm³/mol. The first-order valence-corrected chi connectivity index (χ1v) is 8.52. The van der Waals surface area contributed by atoms with Gasteiger partial charge in [0.1, 0.15) is 11.3 Å². The van der Waals surface area contributed by atoms with Gasteiger partial charge in [-0.25, -0.2) is 0 Å². The summed E-state index contributed by atoms with van der Waals surface area (Å²) in [6, 6.07) is 1.70. The van der Waals surface area contributed by atoms with E-state index in [-0.39, 0.29) is 24.3 Å². The number of carbonyl (C=O) groups excluding carboxylic acids is 2. The van der Waals surface area contributed by atoms with Crippen molar-refractivity contribution in [3.05, 3.63) is 35.0 Å². The second-order valence-corrected chi connectivity index (χ2v) is 6.30. The van der Waals surface area contributed by atoms with Crippen molar-refractivity contribution >= 4 is 11.8 Å². The fraction of sp³-hybridized carbons (Fsp3) is 0.529. The van der Waals surface area contributed by atoms with E-state index in [4.69, 9.17) is 4.52 Å². The molecule has 2 aromatic rings. The average molecular weight is 345 g/mol. The Hall–Kier alpha value is -2.64. The number of hydrogen-bond acceptors (Lipinski definition) is 5. The molecule has 0 saturated heterocycles. The molecular formula is C17H23N5O3. The predicted octanol–water partition coefficient (Wildman–Crippen LogP) is 1.47. The summed E-state index contributed by atoms with van der Waals surface area (Å²) in [5.74, 6) is 0.456. The number of carbonyl (C=O) groups is 2. The minimum absolute atomic E-state index is 0.0754. The van der Waals surface area contributed by atoms with Crippen LogP contribution in [0.25, 0.3) is 0 Å². The molecule has 1 aliphatic heterocycles. The van der Waals surface area contributed by atoms with Crippen molar-refractivity contribution in [3.8, 4) is 0 Å². The summed E-state index contributed by atoms with van der Waals surface area (Å²) in [7, 11) is 1.61. The lowest BCUT2D eigenvalue weighted by atomic mass is 10.1.